The molecular formula is C17H17N3O3. The molecule has 3 rings (SSSR count). The van der Waals surface area contributed by atoms with Crippen LogP contribution in [0.5, 0.6) is 0 Å². The molecule has 2 heterocycles. The number of aromatic nitrogens is 3. The number of benzene rings is 1. The quantitative estimate of drug-likeness (QED) is 0.694. The second-order valence-electron chi connectivity index (χ2n) is 5.32. The summed E-state index contributed by atoms with van der Waals surface area (Å²) >= 11 is 0. The van der Waals surface area contributed by atoms with Crippen LogP contribution in [0.4, 0.5) is 0 Å². The number of methoxy groups -OCH3 is 1. The lowest BCUT2D eigenvalue weighted by molar-refractivity contribution is -0.141. The maximum absolute atomic E-state index is 12.8. The van der Waals surface area contributed by atoms with Gasteiger partial charge in [0.25, 0.3) is 5.56 Å². The molecule has 6 nitrogen and oxygen atoms in total. The third kappa shape index (κ3) is 2.42. The summed E-state index contributed by atoms with van der Waals surface area (Å²) < 4.78 is 7.88. The summed E-state index contributed by atoms with van der Waals surface area (Å²) in [5.41, 5.74) is 2.07. The summed E-state index contributed by atoms with van der Waals surface area (Å²) in [5, 5.41) is 5.59. The van der Waals surface area contributed by atoms with Gasteiger partial charge in [0, 0.05) is 16.8 Å². The molecule has 0 amide bonds. The van der Waals surface area contributed by atoms with E-state index in [1.54, 1.807) is 10.8 Å². The van der Waals surface area contributed by atoms with Gasteiger partial charge in [-0.2, -0.15) is 9.78 Å². The minimum Gasteiger partial charge on any atom is -0.468 e. The largest absolute Gasteiger partial charge is 0.468 e. The highest BCUT2D eigenvalue weighted by Crippen LogP contribution is 2.22. The van der Waals surface area contributed by atoms with E-state index in [1.807, 2.05) is 44.2 Å². The van der Waals surface area contributed by atoms with Gasteiger partial charge < -0.3 is 9.30 Å². The molecule has 1 aromatic carbocycles. The Labute approximate surface area is 132 Å². The standard InChI is InChI=1S/C17H17N3O3/c1-11-14-9-18-20(13-7-5-4-6-8-13)17(22)16(14)12(2)19(11)10-15(21)23-3/h4-9H,10H2,1-3H3. The number of esters is 1. The first-order chi connectivity index (χ1) is 11.0. The zero-order valence-electron chi connectivity index (χ0n) is 13.2. The van der Waals surface area contributed by atoms with Gasteiger partial charge in [-0.15, -0.1) is 0 Å². The summed E-state index contributed by atoms with van der Waals surface area (Å²) in [5.74, 6) is -0.354. The van der Waals surface area contributed by atoms with Crippen LogP contribution in [0.2, 0.25) is 0 Å². The van der Waals surface area contributed by atoms with Gasteiger partial charge in [-0.05, 0) is 26.0 Å². The third-order valence-electron chi connectivity index (χ3n) is 4.05. The molecule has 0 radical (unpaired) electrons. The fraction of sp³-hybridized carbons (Fsp3) is 0.235. The van der Waals surface area contributed by atoms with Crippen molar-refractivity contribution in [3.63, 3.8) is 0 Å². The van der Waals surface area contributed by atoms with Gasteiger partial charge in [-0.25, -0.2) is 0 Å². The van der Waals surface area contributed by atoms with Crippen LogP contribution in [0.3, 0.4) is 0 Å². The van der Waals surface area contributed by atoms with Crippen LogP contribution in [-0.4, -0.2) is 27.4 Å². The van der Waals surface area contributed by atoms with E-state index in [0.29, 0.717) is 11.1 Å². The first kappa shape index (κ1) is 15.0. The first-order valence-electron chi connectivity index (χ1n) is 7.24. The minimum absolute atomic E-state index is 0.0770. The molecule has 0 aliphatic heterocycles. The molecule has 0 atom stereocenters. The van der Waals surface area contributed by atoms with Crippen LogP contribution in [-0.2, 0) is 16.1 Å². The van der Waals surface area contributed by atoms with Crippen molar-refractivity contribution in [1.82, 2.24) is 14.3 Å². The van der Waals surface area contributed by atoms with E-state index in [9.17, 15) is 9.59 Å². The lowest BCUT2D eigenvalue weighted by Gasteiger charge is -2.06. The predicted molar refractivity (Wildman–Crippen MR) is 86.8 cm³/mol. The molecule has 0 bridgehead atoms. The van der Waals surface area contributed by atoms with Gasteiger partial charge in [0.1, 0.15) is 6.54 Å². The number of nitrogens with zero attached hydrogens (tertiary/aromatic N) is 3. The van der Waals surface area contributed by atoms with Crippen molar-refractivity contribution in [3.8, 4) is 5.69 Å². The van der Waals surface area contributed by atoms with Crippen LogP contribution in [0.15, 0.2) is 41.3 Å². The summed E-state index contributed by atoms with van der Waals surface area (Å²) in [4.78, 5) is 24.4. The lowest BCUT2D eigenvalue weighted by atomic mass is 10.2. The maximum atomic E-state index is 12.8. The summed E-state index contributed by atoms with van der Waals surface area (Å²) in [6.45, 7) is 3.77. The number of rotatable bonds is 3. The van der Waals surface area contributed by atoms with E-state index in [0.717, 1.165) is 16.8 Å². The highest BCUT2D eigenvalue weighted by atomic mass is 16.5. The third-order valence-corrected chi connectivity index (χ3v) is 4.05. The highest BCUT2D eigenvalue weighted by molar-refractivity contribution is 5.87. The number of para-hydroxylation sites is 1. The average Bonchev–Trinajstić information content (AvgIpc) is 2.81. The monoisotopic (exact) mass is 311 g/mol. The second kappa shape index (κ2) is 5.72. The van der Waals surface area contributed by atoms with E-state index in [-0.39, 0.29) is 18.1 Å². The van der Waals surface area contributed by atoms with Gasteiger partial charge in [0.05, 0.1) is 24.4 Å². The van der Waals surface area contributed by atoms with Crippen molar-refractivity contribution in [2.45, 2.75) is 20.4 Å². The molecular weight excluding hydrogens is 294 g/mol. The highest BCUT2D eigenvalue weighted by Gasteiger charge is 2.18. The Morgan fingerprint density at radius 2 is 1.87 bits per heavy atom. The second-order valence-corrected chi connectivity index (χ2v) is 5.32. The van der Waals surface area contributed by atoms with Crippen LogP contribution in [0.1, 0.15) is 11.4 Å². The molecule has 118 valence electrons. The lowest BCUT2D eigenvalue weighted by Crippen LogP contribution is -2.21. The fourth-order valence-electron chi connectivity index (χ4n) is 2.79. The van der Waals surface area contributed by atoms with Crippen LogP contribution < -0.4 is 5.56 Å². The maximum Gasteiger partial charge on any atom is 0.325 e. The first-order valence-corrected chi connectivity index (χ1v) is 7.24. The van der Waals surface area contributed by atoms with Gasteiger partial charge in [-0.1, -0.05) is 18.2 Å². The van der Waals surface area contributed by atoms with Crippen molar-refractivity contribution >= 4 is 16.7 Å². The summed E-state index contributed by atoms with van der Waals surface area (Å²) in [6.07, 6.45) is 1.67. The van der Waals surface area contributed by atoms with Gasteiger partial charge in [0.2, 0.25) is 0 Å². The average molecular weight is 311 g/mol. The van der Waals surface area contributed by atoms with Gasteiger partial charge in [0.15, 0.2) is 0 Å². The van der Waals surface area contributed by atoms with Crippen molar-refractivity contribution in [3.05, 3.63) is 58.3 Å². The molecule has 0 saturated heterocycles. The van der Waals surface area contributed by atoms with Crippen LogP contribution in [0.25, 0.3) is 16.5 Å². The molecule has 0 fully saturated rings. The minimum atomic E-state index is -0.354. The number of ether oxygens (including phenoxy) is 1. The molecule has 23 heavy (non-hydrogen) atoms. The Morgan fingerprint density at radius 1 is 1.17 bits per heavy atom. The Hall–Kier alpha value is -2.89. The van der Waals surface area contributed by atoms with Crippen molar-refractivity contribution < 1.29 is 9.53 Å². The van der Waals surface area contributed by atoms with E-state index in [2.05, 4.69) is 5.10 Å². The Kier molecular flexibility index (Phi) is 3.73. The molecule has 2 aromatic heterocycles. The van der Waals surface area contributed by atoms with Gasteiger partial charge in [-0.3, -0.25) is 9.59 Å². The van der Waals surface area contributed by atoms with Crippen molar-refractivity contribution in [2.75, 3.05) is 7.11 Å². The van der Waals surface area contributed by atoms with Crippen molar-refractivity contribution in [2.24, 2.45) is 0 Å². The molecule has 3 aromatic rings. The fourth-order valence-corrected chi connectivity index (χ4v) is 2.79. The predicted octanol–water partition coefficient (Wildman–Crippen LogP) is 1.98. The summed E-state index contributed by atoms with van der Waals surface area (Å²) in [7, 11) is 1.35. The van der Waals surface area contributed by atoms with Crippen LogP contribution in [0, 0.1) is 13.8 Å². The molecule has 0 unspecified atom stereocenters. The molecule has 0 aliphatic rings. The molecule has 0 aliphatic carbocycles. The van der Waals surface area contributed by atoms with E-state index >= 15 is 0 Å². The number of carbonyl (C=O) groups excluding carboxylic acids is 1. The van der Waals surface area contributed by atoms with Crippen molar-refractivity contribution in [1.29, 1.82) is 0 Å². The number of hydrogen-bond acceptors (Lipinski definition) is 4. The van der Waals surface area contributed by atoms with E-state index < -0.39 is 0 Å². The molecule has 6 heteroatoms. The smallest absolute Gasteiger partial charge is 0.325 e. The zero-order valence-corrected chi connectivity index (χ0v) is 13.2. The Bertz CT molecular complexity index is 939. The van der Waals surface area contributed by atoms with Crippen LogP contribution >= 0.6 is 0 Å². The normalized spacial score (nSPS) is 10.9. The van der Waals surface area contributed by atoms with E-state index in [4.69, 9.17) is 4.74 Å². The summed E-state index contributed by atoms with van der Waals surface area (Å²) in [6, 6.07) is 9.25. The number of fused-ring (bicyclic) bond motifs is 1. The molecule has 0 spiro atoms. The Balaban J connectivity index is 2.25. The SMILES string of the molecule is COC(=O)Cn1c(C)c2cnn(-c3ccccc3)c(=O)c2c1C. The zero-order chi connectivity index (χ0) is 16.6. The Morgan fingerprint density at radius 3 is 2.52 bits per heavy atom. The molecule has 0 saturated carbocycles. The van der Waals surface area contributed by atoms with E-state index in [1.165, 1.54) is 11.8 Å². The number of aryl methyl sites for hydroxylation is 2. The number of hydrogen-bond donors (Lipinski definition) is 0. The molecule has 0 N–H and O–H groups in total. The number of carbonyl (C=O) groups is 1. The van der Waals surface area contributed by atoms with Gasteiger partial charge >= 0.3 is 5.97 Å². The topological polar surface area (TPSA) is 66.1 Å².